The Morgan fingerprint density at radius 3 is 2.36 bits per heavy atom. The average molecular weight is 158 g/mol. The summed E-state index contributed by atoms with van der Waals surface area (Å²) in [5.41, 5.74) is 0.530. The Hall–Kier alpha value is -0.870. The molecule has 0 saturated carbocycles. The topological polar surface area (TPSA) is 66.8 Å². The molecule has 1 rings (SSSR count). The second-order valence-corrected chi connectivity index (χ2v) is 2.64. The van der Waals surface area contributed by atoms with Crippen molar-refractivity contribution in [3.05, 3.63) is 12.2 Å². The van der Waals surface area contributed by atoms with Crippen LogP contribution >= 0.6 is 0 Å². The fourth-order valence-corrected chi connectivity index (χ4v) is 0.962. The molecule has 62 valence electrons. The fraction of sp³-hybridized carbons (Fsp3) is 0.571. The van der Waals surface area contributed by atoms with Crippen molar-refractivity contribution in [1.82, 2.24) is 0 Å². The highest BCUT2D eigenvalue weighted by atomic mass is 16.6. The summed E-state index contributed by atoms with van der Waals surface area (Å²) in [6.07, 6.45) is -3.34. The van der Waals surface area contributed by atoms with E-state index in [2.05, 4.69) is 11.3 Å². The van der Waals surface area contributed by atoms with Gasteiger partial charge in [0.15, 0.2) is 12.2 Å². The van der Waals surface area contributed by atoms with Crippen molar-refractivity contribution in [2.24, 2.45) is 0 Å². The number of hydrogen-bond acceptors (Lipinski definition) is 4. The number of hydrogen-bond donors (Lipinski definition) is 2. The number of carbonyl (C=O) groups excluding carboxylic acids is 1. The highest BCUT2D eigenvalue weighted by Gasteiger charge is 2.42. The summed E-state index contributed by atoms with van der Waals surface area (Å²) >= 11 is 0. The zero-order chi connectivity index (χ0) is 8.59. The molecule has 11 heavy (non-hydrogen) atoms. The first-order valence-electron chi connectivity index (χ1n) is 3.26. The smallest absolute Gasteiger partial charge is 0.338 e. The van der Waals surface area contributed by atoms with Crippen LogP contribution in [-0.4, -0.2) is 34.5 Å². The van der Waals surface area contributed by atoms with E-state index >= 15 is 0 Å². The number of cyclic esters (lactones) is 1. The molecule has 0 spiro atoms. The van der Waals surface area contributed by atoms with Gasteiger partial charge in [0.05, 0.1) is 0 Å². The average Bonchev–Trinajstić information content (AvgIpc) is 2.17. The number of aliphatic hydroxyl groups is 2. The van der Waals surface area contributed by atoms with E-state index in [1.165, 1.54) is 0 Å². The van der Waals surface area contributed by atoms with Crippen molar-refractivity contribution in [2.45, 2.75) is 25.2 Å². The van der Waals surface area contributed by atoms with Gasteiger partial charge in [0.25, 0.3) is 0 Å². The largest absolute Gasteiger partial charge is 0.453 e. The van der Waals surface area contributed by atoms with Crippen LogP contribution in [0.15, 0.2) is 12.2 Å². The van der Waals surface area contributed by atoms with Gasteiger partial charge in [-0.15, -0.1) is 0 Å². The molecule has 0 bridgehead atoms. The Bertz CT molecular complexity index is 199. The van der Waals surface area contributed by atoms with Crippen molar-refractivity contribution in [3.8, 4) is 0 Å². The van der Waals surface area contributed by atoms with E-state index in [1.807, 2.05) is 0 Å². The summed E-state index contributed by atoms with van der Waals surface area (Å²) < 4.78 is 4.61. The molecule has 4 nitrogen and oxygen atoms in total. The quantitative estimate of drug-likeness (QED) is 0.387. The molecule has 0 aromatic rings. The first kappa shape index (κ1) is 8.23. The van der Waals surface area contributed by atoms with Gasteiger partial charge in [0.2, 0.25) is 0 Å². The van der Waals surface area contributed by atoms with Crippen LogP contribution in [0.3, 0.4) is 0 Å². The molecule has 2 N–H and O–H groups in total. The maximum absolute atomic E-state index is 10.6. The second-order valence-electron chi connectivity index (χ2n) is 2.64. The molecule has 1 aliphatic heterocycles. The zero-order valence-electron chi connectivity index (χ0n) is 6.15. The minimum Gasteiger partial charge on any atom is -0.453 e. The molecule has 3 atom stereocenters. The standard InChI is InChI=1S/C7H10O4/c1-3(2)6-4(8)5(9)7(10)11-6/h4-6,8-9H,1H2,2H3/t4-,5-,6-/m1/s1. The molecule has 0 aromatic carbocycles. The van der Waals surface area contributed by atoms with Crippen LogP contribution in [0.4, 0.5) is 0 Å². The van der Waals surface area contributed by atoms with Crippen molar-refractivity contribution in [1.29, 1.82) is 0 Å². The SMILES string of the molecule is C=C(C)[C@H]1OC(=O)[C@H](O)[C@H]1O. The molecule has 0 radical (unpaired) electrons. The Morgan fingerprint density at radius 1 is 1.64 bits per heavy atom. The first-order valence-corrected chi connectivity index (χ1v) is 3.26. The van der Waals surface area contributed by atoms with Gasteiger partial charge in [0.1, 0.15) is 6.10 Å². The van der Waals surface area contributed by atoms with Gasteiger partial charge < -0.3 is 14.9 Å². The Morgan fingerprint density at radius 2 is 2.18 bits per heavy atom. The van der Waals surface area contributed by atoms with Crippen molar-refractivity contribution in [3.63, 3.8) is 0 Å². The molecular weight excluding hydrogens is 148 g/mol. The molecule has 1 heterocycles. The molecule has 4 heteroatoms. The normalized spacial score (nSPS) is 37.0. The molecule has 0 unspecified atom stereocenters. The molecule has 0 amide bonds. The van der Waals surface area contributed by atoms with Gasteiger partial charge in [0, 0.05) is 0 Å². The van der Waals surface area contributed by atoms with Crippen LogP contribution in [0.2, 0.25) is 0 Å². The lowest BCUT2D eigenvalue weighted by molar-refractivity contribution is -0.146. The second kappa shape index (κ2) is 2.64. The molecule has 1 aliphatic rings. The number of ether oxygens (including phenoxy) is 1. The zero-order valence-corrected chi connectivity index (χ0v) is 6.15. The van der Waals surface area contributed by atoms with E-state index in [9.17, 15) is 4.79 Å². The van der Waals surface area contributed by atoms with Gasteiger partial charge in [-0.1, -0.05) is 6.58 Å². The third kappa shape index (κ3) is 1.27. The molecule has 0 aromatic heterocycles. The Labute approximate surface area is 64.1 Å². The minimum absolute atomic E-state index is 0.530. The summed E-state index contributed by atoms with van der Waals surface area (Å²) in [5.74, 6) is -0.787. The molecule has 1 saturated heterocycles. The lowest BCUT2D eigenvalue weighted by Gasteiger charge is -2.11. The molecule has 1 fully saturated rings. The van der Waals surface area contributed by atoms with E-state index in [4.69, 9.17) is 10.2 Å². The predicted octanol–water partition coefficient (Wildman–Crippen LogP) is -0.790. The van der Waals surface area contributed by atoms with Crippen molar-refractivity contribution < 1.29 is 19.7 Å². The van der Waals surface area contributed by atoms with Crippen LogP contribution in [0.1, 0.15) is 6.92 Å². The van der Waals surface area contributed by atoms with Crippen LogP contribution < -0.4 is 0 Å². The number of esters is 1. The van der Waals surface area contributed by atoms with Crippen LogP contribution in [0, 0.1) is 0 Å². The van der Waals surface area contributed by atoms with E-state index < -0.39 is 24.3 Å². The highest BCUT2D eigenvalue weighted by Crippen LogP contribution is 2.20. The van der Waals surface area contributed by atoms with Gasteiger partial charge >= 0.3 is 5.97 Å². The summed E-state index contributed by atoms with van der Waals surface area (Å²) in [6.45, 7) is 5.13. The van der Waals surface area contributed by atoms with E-state index in [-0.39, 0.29) is 0 Å². The van der Waals surface area contributed by atoms with Gasteiger partial charge in [-0.2, -0.15) is 0 Å². The first-order chi connectivity index (χ1) is 5.04. The minimum atomic E-state index is -1.42. The van der Waals surface area contributed by atoms with E-state index in [1.54, 1.807) is 6.92 Å². The van der Waals surface area contributed by atoms with Crippen LogP contribution in [0.5, 0.6) is 0 Å². The summed E-state index contributed by atoms with van der Waals surface area (Å²) in [4.78, 5) is 10.6. The number of carbonyl (C=O) groups is 1. The summed E-state index contributed by atoms with van der Waals surface area (Å²) in [7, 11) is 0. The van der Waals surface area contributed by atoms with Crippen LogP contribution in [0.25, 0.3) is 0 Å². The fourth-order valence-electron chi connectivity index (χ4n) is 0.962. The Balaban J connectivity index is 2.74. The molecular formula is C7H10O4. The van der Waals surface area contributed by atoms with Gasteiger partial charge in [-0.3, -0.25) is 0 Å². The predicted molar refractivity (Wildman–Crippen MR) is 36.7 cm³/mol. The third-order valence-corrected chi connectivity index (χ3v) is 1.60. The van der Waals surface area contributed by atoms with Gasteiger partial charge in [-0.05, 0) is 12.5 Å². The highest BCUT2D eigenvalue weighted by molar-refractivity contribution is 5.78. The number of rotatable bonds is 1. The number of aliphatic hydroxyl groups excluding tert-OH is 2. The van der Waals surface area contributed by atoms with Gasteiger partial charge in [-0.25, -0.2) is 4.79 Å². The third-order valence-electron chi connectivity index (χ3n) is 1.60. The monoisotopic (exact) mass is 158 g/mol. The summed E-state index contributed by atoms with van der Waals surface area (Å²) in [6, 6.07) is 0. The molecule has 0 aliphatic carbocycles. The summed E-state index contributed by atoms with van der Waals surface area (Å²) in [5, 5.41) is 18.1. The maximum Gasteiger partial charge on any atom is 0.338 e. The van der Waals surface area contributed by atoms with Crippen molar-refractivity contribution in [2.75, 3.05) is 0 Å². The van der Waals surface area contributed by atoms with E-state index in [0.717, 1.165) is 0 Å². The lowest BCUT2D eigenvalue weighted by atomic mass is 10.1. The van der Waals surface area contributed by atoms with E-state index in [0.29, 0.717) is 5.57 Å². The lowest BCUT2D eigenvalue weighted by Crippen LogP contribution is -2.31. The van der Waals surface area contributed by atoms with Crippen molar-refractivity contribution >= 4 is 5.97 Å². The van der Waals surface area contributed by atoms with Crippen LogP contribution in [-0.2, 0) is 9.53 Å². The Kier molecular flexibility index (Phi) is 1.97. The maximum atomic E-state index is 10.6.